The van der Waals surface area contributed by atoms with Crippen molar-refractivity contribution in [2.45, 2.75) is 39.5 Å². The molecule has 0 bridgehead atoms. The van der Waals surface area contributed by atoms with Crippen molar-refractivity contribution in [3.63, 3.8) is 0 Å². The van der Waals surface area contributed by atoms with E-state index in [0.717, 1.165) is 36.8 Å². The van der Waals surface area contributed by atoms with Gasteiger partial charge in [-0.05, 0) is 49.4 Å². The summed E-state index contributed by atoms with van der Waals surface area (Å²) in [6.07, 6.45) is 5.84. The Morgan fingerprint density at radius 1 is 1.06 bits per heavy atom. The number of guanidine groups is 1. The molecular formula is C14H27N3. The van der Waals surface area contributed by atoms with Gasteiger partial charge in [0.15, 0.2) is 5.96 Å². The number of aliphatic imine (C=N–C) groups is 1. The van der Waals surface area contributed by atoms with Gasteiger partial charge in [-0.2, -0.15) is 0 Å². The van der Waals surface area contributed by atoms with Crippen LogP contribution >= 0.6 is 0 Å². The summed E-state index contributed by atoms with van der Waals surface area (Å²) in [5, 5.41) is 6.89. The molecule has 3 heteroatoms. The van der Waals surface area contributed by atoms with E-state index in [4.69, 9.17) is 0 Å². The first-order valence-corrected chi connectivity index (χ1v) is 7.15. The average molecular weight is 237 g/mol. The third-order valence-electron chi connectivity index (χ3n) is 3.86. The van der Waals surface area contributed by atoms with Crippen LogP contribution in [0.1, 0.15) is 39.5 Å². The SMILES string of the molecule is CN=C(NCC(C)C)NCC(C1CC1)C1CC1. The predicted octanol–water partition coefficient (Wildman–Crippen LogP) is 2.24. The van der Waals surface area contributed by atoms with Gasteiger partial charge < -0.3 is 10.6 Å². The lowest BCUT2D eigenvalue weighted by atomic mass is 9.98. The van der Waals surface area contributed by atoms with Gasteiger partial charge in [-0.3, -0.25) is 4.99 Å². The maximum atomic E-state index is 4.29. The minimum Gasteiger partial charge on any atom is -0.356 e. The molecule has 2 fully saturated rings. The highest BCUT2D eigenvalue weighted by Gasteiger charge is 2.41. The molecular weight excluding hydrogens is 210 g/mol. The average Bonchev–Trinajstić information content (AvgIpc) is 3.15. The van der Waals surface area contributed by atoms with Crippen LogP contribution in [0.25, 0.3) is 0 Å². The Morgan fingerprint density at radius 2 is 1.59 bits per heavy atom. The zero-order chi connectivity index (χ0) is 12.3. The van der Waals surface area contributed by atoms with Gasteiger partial charge in [0.2, 0.25) is 0 Å². The highest BCUT2D eigenvalue weighted by Crippen LogP contribution is 2.48. The van der Waals surface area contributed by atoms with E-state index < -0.39 is 0 Å². The Hall–Kier alpha value is -0.730. The third kappa shape index (κ3) is 4.21. The highest BCUT2D eigenvalue weighted by molar-refractivity contribution is 5.79. The molecule has 0 heterocycles. The molecule has 0 aliphatic heterocycles. The maximum Gasteiger partial charge on any atom is 0.190 e. The summed E-state index contributed by atoms with van der Waals surface area (Å²) in [6, 6.07) is 0. The van der Waals surface area contributed by atoms with Crippen LogP contribution < -0.4 is 10.6 Å². The summed E-state index contributed by atoms with van der Waals surface area (Å²) in [5.41, 5.74) is 0. The summed E-state index contributed by atoms with van der Waals surface area (Å²) < 4.78 is 0. The Labute approximate surface area is 105 Å². The van der Waals surface area contributed by atoms with Gasteiger partial charge in [0.05, 0.1) is 0 Å². The van der Waals surface area contributed by atoms with E-state index in [1.807, 2.05) is 7.05 Å². The van der Waals surface area contributed by atoms with Crippen LogP contribution in [0.2, 0.25) is 0 Å². The van der Waals surface area contributed by atoms with Crippen molar-refractivity contribution < 1.29 is 0 Å². The fourth-order valence-corrected chi connectivity index (χ4v) is 2.50. The van der Waals surface area contributed by atoms with Gasteiger partial charge in [0.1, 0.15) is 0 Å². The van der Waals surface area contributed by atoms with Gasteiger partial charge in [0.25, 0.3) is 0 Å². The van der Waals surface area contributed by atoms with E-state index in [1.54, 1.807) is 0 Å². The monoisotopic (exact) mass is 237 g/mol. The van der Waals surface area contributed by atoms with E-state index >= 15 is 0 Å². The third-order valence-corrected chi connectivity index (χ3v) is 3.86. The van der Waals surface area contributed by atoms with Crippen molar-refractivity contribution >= 4 is 5.96 Å². The molecule has 98 valence electrons. The van der Waals surface area contributed by atoms with Crippen molar-refractivity contribution in [2.75, 3.05) is 20.1 Å². The molecule has 0 radical (unpaired) electrons. The molecule has 2 saturated carbocycles. The number of nitrogens with zero attached hydrogens (tertiary/aromatic N) is 1. The van der Waals surface area contributed by atoms with Crippen molar-refractivity contribution in [2.24, 2.45) is 28.7 Å². The lowest BCUT2D eigenvalue weighted by molar-refractivity contribution is 0.400. The summed E-state index contributed by atoms with van der Waals surface area (Å²) in [4.78, 5) is 4.29. The molecule has 0 aromatic carbocycles. The van der Waals surface area contributed by atoms with Crippen LogP contribution in [0.4, 0.5) is 0 Å². The molecule has 0 saturated heterocycles. The number of hydrogen-bond acceptors (Lipinski definition) is 1. The molecule has 0 aromatic heterocycles. The second-order valence-electron chi connectivity index (χ2n) is 6.07. The molecule has 0 aromatic rings. The van der Waals surface area contributed by atoms with Crippen molar-refractivity contribution in [1.29, 1.82) is 0 Å². The fraction of sp³-hybridized carbons (Fsp3) is 0.929. The molecule has 0 spiro atoms. The number of hydrogen-bond donors (Lipinski definition) is 2. The molecule has 2 N–H and O–H groups in total. The van der Waals surface area contributed by atoms with Gasteiger partial charge >= 0.3 is 0 Å². The second-order valence-corrected chi connectivity index (χ2v) is 6.07. The van der Waals surface area contributed by atoms with Crippen molar-refractivity contribution in [1.82, 2.24) is 10.6 Å². The van der Waals surface area contributed by atoms with Gasteiger partial charge in [0, 0.05) is 20.1 Å². The zero-order valence-corrected chi connectivity index (χ0v) is 11.5. The van der Waals surface area contributed by atoms with E-state index in [0.29, 0.717) is 5.92 Å². The van der Waals surface area contributed by atoms with E-state index in [9.17, 15) is 0 Å². The van der Waals surface area contributed by atoms with E-state index in [2.05, 4.69) is 29.5 Å². The summed E-state index contributed by atoms with van der Waals surface area (Å²) in [6.45, 7) is 6.55. The largest absolute Gasteiger partial charge is 0.356 e. The normalized spacial score (nSPS) is 21.1. The van der Waals surface area contributed by atoms with Crippen LogP contribution in [0, 0.1) is 23.7 Å². The molecule has 0 unspecified atom stereocenters. The minimum absolute atomic E-state index is 0.663. The predicted molar refractivity (Wildman–Crippen MR) is 73.1 cm³/mol. The molecule has 2 rings (SSSR count). The highest BCUT2D eigenvalue weighted by atomic mass is 15.2. The Kier molecular flexibility index (Phi) is 4.30. The summed E-state index contributed by atoms with van der Waals surface area (Å²) in [7, 11) is 1.86. The molecule has 0 amide bonds. The lowest BCUT2D eigenvalue weighted by Crippen LogP contribution is -2.41. The molecule has 2 aliphatic carbocycles. The lowest BCUT2D eigenvalue weighted by Gasteiger charge is -2.19. The standard InChI is InChI=1S/C14H27N3/c1-10(2)8-16-14(15-3)17-9-13(11-4-5-11)12-6-7-12/h10-13H,4-9H2,1-3H3,(H2,15,16,17). The van der Waals surface area contributed by atoms with Crippen LogP contribution in [-0.4, -0.2) is 26.1 Å². The van der Waals surface area contributed by atoms with E-state index in [-0.39, 0.29) is 0 Å². The molecule has 17 heavy (non-hydrogen) atoms. The summed E-state index contributed by atoms with van der Waals surface area (Å²) >= 11 is 0. The van der Waals surface area contributed by atoms with Crippen LogP contribution in [0.15, 0.2) is 4.99 Å². The quantitative estimate of drug-likeness (QED) is 0.549. The summed E-state index contributed by atoms with van der Waals surface area (Å²) in [5.74, 6) is 4.57. The topological polar surface area (TPSA) is 36.4 Å². The zero-order valence-electron chi connectivity index (χ0n) is 11.5. The van der Waals surface area contributed by atoms with Crippen LogP contribution in [0.5, 0.6) is 0 Å². The first-order valence-electron chi connectivity index (χ1n) is 7.15. The van der Waals surface area contributed by atoms with Gasteiger partial charge in [-0.1, -0.05) is 13.8 Å². The van der Waals surface area contributed by atoms with Crippen molar-refractivity contribution in [3.05, 3.63) is 0 Å². The fourth-order valence-electron chi connectivity index (χ4n) is 2.50. The minimum atomic E-state index is 0.663. The maximum absolute atomic E-state index is 4.29. The Morgan fingerprint density at radius 3 is 2.00 bits per heavy atom. The van der Waals surface area contributed by atoms with Gasteiger partial charge in [-0.15, -0.1) is 0 Å². The first-order chi connectivity index (χ1) is 8.20. The Bertz CT molecular complexity index is 253. The number of nitrogens with one attached hydrogen (secondary N) is 2. The van der Waals surface area contributed by atoms with E-state index in [1.165, 1.54) is 25.7 Å². The van der Waals surface area contributed by atoms with Gasteiger partial charge in [-0.25, -0.2) is 0 Å². The smallest absolute Gasteiger partial charge is 0.190 e. The van der Waals surface area contributed by atoms with Crippen LogP contribution in [-0.2, 0) is 0 Å². The molecule has 3 nitrogen and oxygen atoms in total. The van der Waals surface area contributed by atoms with Crippen LogP contribution in [0.3, 0.4) is 0 Å². The number of rotatable bonds is 6. The molecule has 0 atom stereocenters. The second kappa shape index (κ2) is 5.74. The molecule has 2 aliphatic rings. The first kappa shape index (κ1) is 12.7. The van der Waals surface area contributed by atoms with Crippen molar-refractivity contribution in [3.8, 4) is 0 Å². The Balaban J connectivity index is 1.70.